The van der Waals surface area contributed by atoms with Crippen molar-refractivity contribution in [1.29, 1.82) is 0 Å². The molecule has 1 aliphatic rings. The van der Waals surface area contributed by atoms with E-state index >= 15 is 0 Å². The summed E-state index contributed by atoms with van der Waals surface area (Å²) in [5.41, 5.74) is 8.14. The van der Waals surface area contributed by atoms with Crippen molar-refractivity contribution in [3.63, 3.8) is 0 Å². The van der Waals surface area contributed by atoms with Crippen LogP contribution >= 0.6 is 0 Å². The highest BCUT2D eigenvalue weighted by atomic mass is 19.4. The number of hydrogen-bond acceptors (Lipinski definition) is 5. The van der Waals surface area contributed by atoms with Crippen LogP contribution in [-0.2, 0) is 19.1 Å². The van der Waals surface area contributed by atoms with E-state index in [1.54, 1.807) is 25.1 Å². The molecule has 1 aromatic carbocycles. The third kappa shape index (κ3) is 4.27. The van der Waals surface area contributed by atoms with Crippen LogP contribution in [0.2, 0.25) is 0 Å². The molecule has 0 spiro atoms. The Bertz CT molecular complexity index is 1440. The Kier molecular flexibility index (Phi) is 5.68. The molecule has 3 aromatic heterocycles. The van der Waals surface area contributed by atoms with Crippen molar-refractivity contribution in [2.24, 2.45) is 0 Å². The van der Waals surface area contributed by atoms with Gasteiger partial charge in [0.05, 0.1) is 17.6 Å². The molecular weight excluding hydrogens is 483 g/mol. The first kappa shape index (κ1) is 23.8. The average molecular weight is 504 g/mol. The zero-order valence-corrected chi connectivity index (χ0v) is 19.2. The molecule has 0 aliphatic carbocycles. The van der Waals surface area contributed by atoms with Crippen molar-refractivity contribution in [3.8, 4) is 22.7 Å². The minimum atomic E-state index is -4.69. The van der Waals surface area contributed by atoms with E-state index in [2.05, 4.69) is 15.2 Å². The van der Waals surface area contributed by atoms with Gasteiger partial charge >= 0.3 is 6.18 Å². The van der Waals surface area contributed by atoms with E-state index in [0.717, 1.165) is 16.3 Å². The summed E-state index contributed by atoms with van der Waals surface area (Å²) in [6.07, 6.45) is -5.33. The first-order valence-electron chi connectivity index (χ1n) is 11.0. The quantitative estimate of drug-likeness (QED) is 0.372. The number of pyridine rings is 1. The van der Waals surface area contributed by atoms with E-state index in [4.69, 9.17) is 10.5 Å². The van der Waals surface area contributed by atoms with Crippen molar-refractivity contribution in [3.05, 3.63) is 70.8 Å². The molecule has 5 rings (SSSR count). The lowest BCUT2D eigenvalue weighted by Gasteiger charge is -2.22. The van der Waals surface area contributed by atoms with Gasteiger partial charge in [0.25, 0.3) is 6.43 Å². The topological polar surface area (TPSA) is 83.8 Å². The summed E-state index contributed by atoms with van der Waals surface area (Å²) in [6, 6.07) is 7.79. The number of hydrogen-bond donors (Lipinski definition) is 1. The highest BCUT2D eigenvalue weighted by Crippen LogP contribution is 2.37. The lowest BCUT2D eigenvalue weighted by atomic mass is 10.0. The molecule has 1 atom stereocenters. The lowest BCUT2D eigenvalue weighted by molar-refractivity contribution is -0.141. The number of rotatable bonds is 2. The molecule has 4 heterocycles. The molecule has 12 heteroatoms. The Morgan fingerprint density at radius 3 is 2.67 bits per heavy atom. The minimum Gasteiger partial charge on any atom is -0.482 e. The number of alkyl halides is 5. The zero-order chi connectivity index (χ0) is 25.8. The maximum Gasteiger partial charge on any atom is 0.435 e. The molecular formula is C24H21F5N6O. The van der Waals surface area contributed by atoms with E-state index in [-0.39, 0.29) is 29.4 Å². The zero-order valence-electron chi connectivity index (χ0n) is 19.2. The molecule has 0 saturated heterocycles. The van der Waals surface area contributed by atoms with Crippen molar-refractivity contribution < 1.29 is 26.7 Å². The molecule has 0 radical (unpaired) electrons. The van der Waals surface area contributed by atoms with Gasteiger partial charge in [-0.3, -0.25) is 4.68 Å². The van der Waals surface area contributed by atoms with Crippen LogP contribution in [-0.4, -0.2) is 31.0 Å². The van der Waals surface area contributed by atoms with Crippen LogP contribution in [0.3, 0.4) is 0 Å². The lowest BCUT2D eigenvalue weighted by Crippen LogP contribution is -2.14. The molecule has 1 aliphatic heterocycles. The molecule has 7 nitrogen and oxygen atoms in total. The van der Waals surface area contributed by atoms with Gasteiger partial charge in [-0.15, -0.1) is 0 Å². The fourth-order valence-electron chi connectivity index (χ4n) is 4.37. The third-order valence-electron chi connectivity index (χ3n) is 5.98. The number of aromatic nitrogens is 5. The van der Waals surface area contributed by atoms with Gasteiger partial charge in [-0.05, 0) is 32.0 Å². The molecule has 4 aromatic rings. The van der Waals surface area contributed by atoms with Crippen LogP contribution < -0.4 is 10.5 Å². The summed E-state index contributed by atoms with van der Waals surface area (Å²) in [6.45, 7) is 2.88. The Morgan fingerprint density at radius 2 is 1.94 bits per heavy atom. The molecule has 1 unspecified atom stereocenters. The highest BCUT2D eigenvalue weighted by Gasteiger charge is 2.36. The number of ether oxygens (including phenoxy) is 1. The van der Waals surface area contributed by atoms with Crippen molar-refractivity contribution >= 4 is 5.82 Å². The Morgan fingerprint density at radius 1 is 1.17 bits per heavy atom. The summed E-state index contributed by atoms with van der Waals surface area (Å²) in [5, 5.41) is 7.97. The van der Waals surface area contributed by atoms with Gasteiger partial charge in [-0.25, -0.2) is 18.4 Å². The third-order valence-corrected chi connectivity index (χ3v) is 5.98. The normalized spacial score (nSPS) is 15.4. The van der Waals surface area contributed by atoms with E-state index in [0.29, 0.717) is 22.4 Å². The summed E-state index contributed by atoms with van der Waals surface area (Å²) < 4.78 is 76.2. The van der Waals surface area contributed by atoms with Gasteiger partial charge in [0.2, 0.25) is 0 Å². The summed E-state index contributed by atoms with van der Waals surface area (Å²) in [5.74, 6) is 0.290. The van der Waals surface area contributed by atoms with Gasteiger partial charge in [0.1, 0.15) is 12.6 Å². The van der Waals surface area contributed by atoms with Crippen LogP contribution in [0.4, 0.5) is 27.8 Å². The van der Waals surface area contributed by atoms with Gasteiger partial charge < -0.3 is 10.5 Å². The van der Waals surface area contributed by atoms with Crippen LogP contribution in [0.15, 0.2) is 42.7 Å². The fraction of sp³-hybridized carbons (Fsp3) is 0.292. The maximum atomic E-state index is 13.7. The number of aryl methyl sites for hydroxylation is 1. The average Bonchev–Trinajstić information content (AvgIpc) is 3.39. The number of benzene rings is 1. The van der Waals surface area contributed by atoms with Gasteiger partial charge in [-0.1, -0.05) is 17.7 Å². The Balaban J connectivity index is 1.80. The summed E-state index contributed by atoms with van der Waals surface area (Å²) >= 11 is 0. The predicted molar refractivity (Wildman–Crippen MR) is 121 cm³/mol. The number of anilines is 1. The number of halogens is 5. The van der Waals surface area contributed by atoms with Gasteiger partial charge in [-0.2, -0.15) is 23.4 Å². The first-order chi connectivity index (χ1) is 17.0. The van der Waals surface area contributed by atoms with E-state index in [1.165, 1.54) is 17.1 Å². The molecule has 0 fully saturated rings. The van der Waals surface area contributed by atoms with Crippen molar-refractivity contribution in [2.75, 3.05) is 5.73 Å². The Hall–Kier alpha value is -3.96. The number of fused-ring (bicyclic) bond motifs is 7. The summed E-state index contributed by atoms with van der Waals surface area (Å²) in [4.78, 5) is 4.17. The second-order valence-corrected chi connectivity index (χ2v) is 8.63. The molecule has 0 saturated carbocycles. The molecule has 2 N–H and O–H groups in total. The van der Waals surface area contributed by atoms with Gasteiger partial charge in [0, 0.05) is 35.0 Å². The van der Waals surface area contributed by atoms with Crippen LogP contribution in [0.25, 0.3) is 16.9 Å². The van der Waals surface area contributed by atoms with E-state index in [9.17, 15) is 22.0 Å². The highest BCUT2D eigenvalue weighted by molar-refractivity contribution is 5.68. The minimum absolute atomic E-state index is 0.0517. The van der Waals surface area contributed by atoms with Crippen LogP contribution in [0, 0.1) is 6.92 Å². The predicted octanol–water partition coefficient (Wildman–Crippen LogP) is 5.35. The number of nitrogens with two attached hydrogens (primary N) is 1. The maximum absolute atomic E-state index is 13.7. The second-order valence-electron chi connectivity index (χ2n) is 8.63. The van der Waals surface area contributed by atoms with E-state index < -0.39 is 30.9 Å². The number of nitrogen functional groups attached to an aromatic ring is 1. The Labute approximate surface area is 202 Å². The van der Waals surface area contributed by atoms with Crippen LogP contribution in [0.5, 0.6) is 5.75 Å². The number of nitrogens with zero attached hydrogens (tertiary/aromatic N) is 5. The fourth-order valence-corrected chi connectivity index (χ4v) is 4.37. The molecule has 0 amide bonds. The molecule has 188 valence electrons. The van der Waals surface area contributed by atoms with E-state index in [1.807, 2.05) is 13.0 Å². The standard InChI is InChI=1S/C24H21F5N6O/c1-12-3-4-18-17(5-12)13(2)36-19-7-15(9-31-23(19)30)22-14(10-32-34(22)11-21(25)26)6-16-8-20(24(27,28)29)33-35(16)18/h3-5,7-10,13,21H,6,11H2,1-2H3,(H2,30,31). The second kappa shape index (κ2) is 8.61. The smallest absolute Gasteiger partial charge is 0.435 e. The largest absolute Gasteiger partial charge is 0.482 e. The molecule has 2 bridgehead atoms. The SMILES string of the molecule is Cc1ccc2c(c1)C(C)Oc1cc(cnc1N)-c1c(cnn1CC(F)F)Cc1cc(C(F)(F)F)nn1-2. The summed E-state index contributed by atoms with van der Waals surface area (Å²) in [7, 11) is 0. The van der Waals surface area contributed by atoms with Crippen molar-refractivity contribution in [1.82, 2.24) is 24.5 Å². The van der Waals surface area contributed by atoms with Gasteiger partial charge in [0.15, 0.2) is 17.3 Å². The monoisotopic (exact) mass is 504 g/mol. The first-order valence-corrected chi connectivity index (χ1v) is 11.0. The van der Waals surface area contributed by atoms with Crippen LogP contribution in [0.1, 0.15) is 41.1 Å². The molecule has 36 heavy (non-hydrogen) atoms. The van der Waals surface area contributed by atoms with Crippen molar-refractivity contribution in [2.45, 2.75) is 45.5 Å².